The van der Waals surface area contributed by atoms with Gasteiger partial charge >= 0.3 is 0 Å². The highest BCUT2D eigenvalue weighted by Crippen LogP contribution is 2.23. The van der Waals surface area contributed by atoms with Gasteiger partial charge in [0, 0.05) is 0 Å². The van der Waals surface area contributed by atoms with Crippen LogP contribution in [0.15, 0.2) is 60.8 Å². The summed E-state index contributed by atoms with van der Waals surface area (Å²) in [4.78, 5) is 13.1. The molecule has 10 nitrogen and oxygen atoms in total. The predicted octanol–water partition coefficient (Wildman–Crippen LogP) is 15.2. The van der Waals surface area contributed by atoms with E-state index >= 15 is 0 Å². The molecule has 0 aromatic carbocycles. The van der Waals surface area contributed by atoms with Gasteiger partial charge in [0.2, 0.25) is 5.91 Å². The summed E-state index contributed by atoms with van der Waals surface area (Å²) < 4.78 is 11.2. The van der Waals surface area contributed by atoms with Crippen molar-refractivity contribution in [2.24, 2.45) is 0 Å². The van der Waals surface area contributed by atoms with E-state index < -0.39 is 61.5 Å². The number of amides is 1. The van der Waals surface area contributed by atoms with Crippen LogP contribution in [0, 0.1) is 0 Å². The monoisotopic (exact) mass is 1060 g/mol. The SMILES string of the molecule is CCCCCC/C=C/CC/C=C/CC/C=C/C(O)C(COC1OC(CO)C(O)C(O)C1O)NC(=O)C(O)CCCCCCCCCCCCCCCCCC/C=C\C/C=C\CCCCCCCCCCCCCCC. The van der Waals surface area contributed by atoms with Gasteiger partial charge in [-0.2, -0.15) is 0 Å². The first kappa shape index (κ1) is 70.9. The minimum atomic E-state index is -1.62. The normalized spacial score (nSPS) is 19.7. The lowest BCUT2D eigenvalue weighted by atomic mass is 9.99. The second-order valence-electron chi connectivity index (χ2n) is 22.0. The van der Waals surface area contributed by atoms with Crippen LogP contribution in [0.1, 0.15) is 284 Å². The van der Waals surface area contributed by atoms with Crippen LogP contribution in [0.25, 0.3) is 0 Å². The van der Waals surface area contributed by atoms with Crippen LogP contribution >= 0.6 is 0 Å². The molecule has 0 bridgehead atoms. The number of hydrogen-bond donors (Lipinski definition) is 7. The quantitative estimate of drug-likeness (QED) is 0.0232. The summed E-state index contributed by atoms with van der Waals surface area (Å²) in [5, 5.41) is 65.0. The van der Waals surface area contributed by atoms with Crippen molar-refractivity contribution in [3.8, 4) is 0 Å². The summed E-state index contributed by atoms with van der Waals surface area (Å²) in [6.07, 6.45) is 63.6. The average Bonchev–Trinajstić information content (AvgIpc) is 3.41. The molecule has 0 saturated carbocycles. The Hall–Kier alpha value is -2.15. The molecule has 0 aromatic rings. The van der Waals surface area contributed by atoms with Gasteiger partial charge in [0.1, 0.15) is 30.5 Å². The van der Waals surface area contributed by atoms with Gasteiger partial charge in [0.15, 0.2) is 6.29 Å². The highest BCUT2D eigenvalue weighted by Gasteiger charge is 2.44. The zero-order chi connectivity index (χ0) is 54.5. The molecule has 10 heteroatoms. The number of hydrogen-bond acceptors (Lipinski definition) is 9. The number of aliphatic hydroxyl groups is 6. The van der Waals surface area contributed by atoms with Crippen molar-refractivity contribution >= 4 is 5.91 Å². The molecule has 7 N–H and O–H groups in total. The first-order valence-corrected chi connectivity index (χ1v) is 31.6. The Morgan fingerprint density at radius 2 is 0.827 bits per heavy atom. The number of nitrogens with one attached hydrogen (secondary N) is 1. The van der Waals surface area contributed by atoms with Gasteiger partial charge in [-0.3, -0.25) is 4.79 Å². The summed E-state index contributed by atoms with van der Waals surface area (Å²) in [6.45, 7) is 3.59. The average molecular weight is 1060 g/mol. The molecule has 1 heterocycles. The van der Waals surface area contributed by atoms with E-state index in [1.807, 2.05) is 6.08 Å². The van der Waals surface area contributed by atoms with Crippen LogP contribution in [0.2, 0.25) is 0 Å². The Labute approximate surface area is 460 Å². The largest absolute Gasteiger partial charge is 0.394 e. The fraction of sp³-hybridized carbons (Fsp3) is 0.831. The second-order valence-corrected chi connectivity index (χ2v) is 22.0. The lowest BCUT2D eigenvalue weighted by molar-refractivity contribution is -0.302. The van der Waals surface area contributed by atoms with E-state index in [1.54, 1.807) is 6.08 Å². The maximum atomic E-state index is 13.1. The lowest BCUT2D eigenvalue weighted by Crippen LogP contribution is -2.60. The molecule has 438 valence electrons. The minimum absolute atomic E-state index is 0.300. The third-order valence-electron chi connectivity index (χ3n) is 14.9. The molecule has 1 aliphatic heterocycles. The van der Waals surface area contributed by atoms with Crippen molar-refractivity contribution in [2.75, 3.05) is 13.2 Å². The third kappa shape index (κ3) is 42.5. The van der Waals surface area contributed by atoms with Gasteiger partial charge in [-0.1, -0.05) is 267 Å². The number of aliphatic hydroxyl groups excluding tert-OH is 6. The lowest BCUT2D eigenvalue weighted by Gasteiger charge is -2.40. The number of ether oxygens (including phenoxy) is 2. The molecule has 0 aliphatic carbocycles. The molecule has 8 atom stereocenters. The van der Waals surface area contributed by atoms with Crippen LogP contribution < -0.4 is 5.32 Å². The number of rotatable bonds is 54. The van der Waals surface area contributed by atoms with Crippen molar-refractivity contribution in [1.82, 2.24) is 5.32 Å². The maximum Gasteiger partial charge on any atom is 0.249 e. The Morgan fingerprint density at radius 3 is 1.25 bits per heavy atom. The molecular formula is C65H119NO9. The van der Waals surface area contributed by atoms with E-state index in [4.69, 9.17) is 9.47 Å². The maximum absolute atomic E-state index is 13.1. The van der Waals surface area contributed by atoms with Crippen LogP contribution in [0.5, 0.6) is 0 Å². The van der Waals surface area contributed by atoms with Crippen LogP contribution in [-0.2, 0) is 14.3 Å². The van der Waals surface area contributed by atoms with Gasteiger partial charge in [0.25, 0.3) is 0 Å². The number of carbonyl (C=O) groups is 1. The summed E-state index contributed by atoms with van der Waals surface area (Å²) in [7, 11) is 0. The van der Waals surface area contributed by atoms with Crippen LogP contribution in [-0.4, -0.2) is 98.7 Å². The Bertz CT molecular complexity index is 1380. The molecule has 1 aliphatic rings. The van der Waals surface area contributed by atoms with E-state index in [2.05, 4.69) is 67.8 Å². The van der Waals surface area contributed by atoms with E-state index in [-0.39, 0.29) is 6.61 Å². The molecule has 1 amide bonds. The molecule has 0 radical (unpaired) electrons. The van der Waals surface area contributed by atoms with Gasteiger partial charge in [-0.15, -0.1) is 0 Å². The smallest absolute Gasteiger partial charge is 0.249 e. The fourth-order valence-electron chi connectivity index (χ4n) is 9.82. The molecule has 75 heavy (non-hydrogen) atoms. The van der Waals surface area contributed by atoms with Gasteiger partial charge in [0.05, 0.1) is 25.4 Å². The fourth-order valence-corrected chi connectivity index (χ4v) is 9.82. The Morgan fingerprint density at radius 1 is 0.467 bits per heavy atom. The van der Waals surface area contributed by atoms with Gasteiger partial charge in [-0.25, -0.2) is 0 Å². The molecular weight excluding hydrogens is 939 g/mol. The van der Waals surface area contributed by atoms with Crippen molar-refractivity contribution < 1.29 is 44.9 Å². The highest BCUT2D eigenvalue weighted by atomic mass is 16.7. The zero-order valence-electron chi connectivity index (χ0n) is 48.4. The Kier molecular flexibility index (Phi) is 50.9. The molecule has 1 fully saturated rings. The number of unbranched alkanes of at least 4 members (excludes halogenated alkanes) is 35. The molecule has 1 saturated heterocycles. The summed E-state index contributed by atoms with van der Waals surface area (Å²) in [5.41, 5.74) is 0. The molecule has 1 rings (SSSR count). The van der Waals surface area contributed by atoms with Crippen LogP contribution in [0.3, 0.4) is 0 Å². The molecule has 0 spiro atoms. The zero-order valence-corrected chi connectivity index (χ0v) is 48.4. The summed E-state index contributed by atoms with van der Waals surface area (Å²) in [6, 6.07) is -1.01. The van der Waals surface area contributed by atoms with E-state index in [9.17, 15) is 35.4 Å². The van der Waals surface area contributed by atoms with E-state index in [0.29, 0.717) is 19.3 Å². The van der Waals surface area contributed by atoms with Crippen molar-refractivity contribution in [3.05, 3.63) is 60.8 Å². The summed E-state index contributed by atoms with van der Waals surface area (Å²) in [5.74, 6) is -0.630. The Balaban J connectivity index is 2.13. The van der Waals surface area contributed by atoms with Gasteiger partial charge < -0.3 is 45.4 Å². The molecule has 8 unspecified atom stereocenters. The topological polar surface area (TPSA) is 169 Å². The first-order valence-electron chi connectivity index (χ1n) is 31.6. The first-order chi connectivity index (χ1) is 36.8. The third-order valence-corrected chi connectivity index (χ3v) is 14.9. The number of allylic oxidation sites excluding steroid dienone is 9. The van der Waals surface area contributed by atoms with Crippen molar-refractivity contribution in [2.45, 2.75) is 332 Å². The van der Waals surface area contributed by atoms with E-state index in [1.165, 1.54) is 199 Å². The highest BCUT2D eigenvalue weighted by molar-refractivity contribution is 5.80. The van der Waals surface area contributed by atoms with E-state index in [0.717, 1.165) is 51.4 Å². The second kappa shape index (κ2) is 53.8. The molecule has 0 aromatic heterocycles. The number of carbonyl (C=O) groups excluding carboxylic acids is 1. The minimum Gasteiger partial charge on any atom is -0.394 e. The van der Waals surface area contributed by atoms with Crippen molar-refractivity contribution in [1.29, 1.82) is 0 Å². The van der Waals surface area contributed by atoms with Crippen LogP contribution in [0.4, 0.5) is 0 Å². The van der Waals surface area contributed by atoms with Crippen molar-refractivity contribution in [3.63, 3.8) is 0 Å². The predicted molar refractivity (Wildman–Crippen MR) is 315 cm³/mol. The standard InChI is InChI=1S/C65H119NO9/c1-3-5-7-9-11-13-15-17-19-20-21-22-23-24-25-26-27-28-29-30-31-32-33-34-35-36-37-38-39-40-42-44-46-48-50-52-54-59(69)64(73)66-57(56-74-65-63(72)62(71)61(70)60(55-67)75-65)58(68)53-51-49-47-45-43-41-18-16-14-12-10-8-6-4-2/h14,16,25-26,28-29,43,45,51,53,57-63,65,67-72H,3-13,15,17-24,27,30-42,44,46-50,52,54-56H2,1-2H3,(H,66,73)/b16-14+,26-25-,29-28-,45-43+,53-51+. The van der Waals surface area contributed by atoms with Gasteiger partial charge in [-0.05, 0) is 77.0 Å². The summed E-state index contributed by atoms with van der Waals surface area (Å²) >= 11 is 0.